The summed E-state index contributed by atoms with van der Waals surface area (Å²) in [4.78, 5) is 9.83. The molecule has 0 amide bonds. The molecule has 3 heterocycles. The zero-order valence-electron chi connectivity index (χ0n) is 15.1. The standard InChI is InChI=1S/C16H22F3N7/c1-8(2)25-6-10(7-25)26-9(3)11(5-22-26)13-12(16(17,18)19)14(21-4)24-15(20)23-13/h5,8,10H,6-7H2,1-4H3,(H3,20,21,23,24). The molecule has 0 aliphatic carbocycles. The second-order valence-electron chi connectivity index (χ2n) is 6.69. The minimum atomic E-state index is -4.62. The van der Waals surface area contributed by atoms with E-state index in [0.717, 1.165) is 13.1 Å². The highest BCUT2D eigenvalue weighted by atomic mass is 19.4. The van der Waals surface area contributed by atoms with Gasteiger partial charge >= 0.3 is 6.18 Å². The van der Waals surface area contributed by atoms with E-state index in [4.69, 9.17) is 5.73 Å². The van der Waals surface area contributed by atoms with Gasteiger partial charge in [-0.3, -0.25) is 9.58 Å². The minimum Gasteiger partial charge on any atom is -0.372 e. The summed E-state index contributed by atoms with van der Waals surface area (Å²) in [7, 11) is 1.37. The molecular formula is C16H22F3N7. The molecule has 3 rings (SSSR count). The van der Waals surface area contributed by atoms with Gasteiger partial charge in [0.25, 0.3) is 0 Å². The number of nitrogen functional groups attached to an aromatic ring is 1. The Balaban J connectivity index is 2.04. The van der Waals surface area contributed by atoms with Crippen LogP contribution in [0.3, 0.4) is 0 Å². The van der Waals surface area contributed by atoms with Crippen LogP contribution < -0.4 is 11.1 Å². The Morgan fingerprint density at radius 2 is 1.92 bits per heavy atom. The van der Waals surface area contributed by atoms with Crippen molar-refractivity contribution in [3.05, 3.63) is 17.5 Å². The lowest BCUT2D eigenvalue weighted by atomic mass is 10.0. The Bertz CT molecular complexity index is 807. The average molecular weight is 369 g/mol. The monoisotopic (exact) mass is 369 g/mol. The van der Waals surface area contributed by atoms with Crippen molar-refractivity contribution in [3.8, 4) is 11.3 Å². The molecule has 142 valence electrons. The molecule has 3 N–H and O–H groups in total. The molecule has 0 spiro atoms. The first-order valence-electron chi connectivity index (χ1n) is 8.34. The number of nitrogens with zero attached hydrogens (tertiary/aromatic N) is 5. The van der Waals surface area contributed by atoms with Crippen molar-refractivity contribution in [2.24, 2.45) is 0 Å². The number of likely N-dealkylation sites (tertiary alicyclic amines) is 1. The molecule has 7 nitrogen and oxygen atoms in total. The highest BCUT2D eigenvalue weighted by Gasteiger charge is 2.40. The van der Waals surface area contributed by atoms with Crippen molar-refractivity contribution in [2.75, 3.05) is 31.2 Å². The molecule has 0 bridgehead atoms. The van der Waals surface area contributed by atoms with Gasteiger partial charge < -0.3 is 11.1 Å². The van der Waals surface area contributed by atoms with Crippen molar-refractivity contribution < 1.29 is 13.2 Å². The fraction of sp³-hybridized carbons (Fsp3) is 0.562. The number of nitrogens with two attached hydrogens (primary N) is 1. The summed E-state index contributed by atoms with van der Waals surface area (Å²) in [6, 6.07) is 0.571. The van der Waals surface area contributed by atoms with Crippen molar-refractivity contribution >= 4 is 11.8 Å². The van der Waals surface area contributed by atoms with Gasteiger partial charge in [-0.15, -0.1) is 0 Å². The van der Waals surface area contributed by atoms with Crippen LogP contribution in [-0.2, 0) is 6.18 Å². The maximum Gasteiger partial charge on any atom is 0.422 e. The van der Waals surface area contributed by atoms with Gasteiger partial charge in [-0.25, -0.2) is 4.98 Å². The lowest BCUT2D eigenvalue weighted by Gasteiger charge is -2.42. The van der Waals surface area contributed by atoms with Crippen LogP contribution in [0.2, 0.25) is 0 Å². The third kappa shape index (κ3) is 3.09. The van der Waals surface area contributed by atoms with Crippen LogP contribution in [-0.4, -0.2) is 50.8 Å². The molecule has 0 atom stereocenters. The summed E-state index contributed by atoms with van der Waals surface area (Å²) in [6.45, 7) is 7.60. The van der Waals surface area contributed by atoms with Gasteiger partial charge in [0.1, 0.15) is 11.4 Å². The van der Waals surface area contributed by atoms with Crippen molar-refractivity contribution in [1.29, 1.82) is 0 Å². The highest BCUT2D eigenvalue weighted by Crippen LogP contribution is 2.41. The molecule has 10 heteroatoms. The van der Waals surface area contributed by atoms with E-state index < -0.39 is 11.7 Å². The molecule has 2 aromatic heterocycles. The van der Waals surface area contributed by atoms with Crippen molar-refractivity contribution in [2.45, 2.75) is 39.0 Å². The number of rotatable bonds is 4. The van der Waals surface area contributed by atoms with Crippen LogP contribution in [0.1, 0.15) is 31.1 Å². The van der Waals surface area contributed by atoms with Crippen LogP contribution >= 0.6 is 0 Å². The number of hydrogen-bond acceptors (Lipinski definition) is 6. The van der Waals surface area contributed by atoms with E-state index in [2.05, 4.69) is 39.1 Å². The molecule has 1 aliphatic heterocycles. The maximum absolute atomic E-state index is 13.6. The topological polar surface area (TPSA) is 84.9 Å². The summed E-state index contributed by atoms with van der Waals surface area (Å²) in [5, 5.41) is 6.77. The van der Waals surface area contributed by atoms with Crippen LogP contribution in [0, 0.1) is 6.92 Å². The number of anilines is 2. The zero-order chi connectivity index (χ0) is 19.2. The minimum absolute atomic E-state index is 0.142. The van der Waals surface area contributed by atoms with E-state index in [-0.39, 0.29) is 23.5 Å². The Kier molecular flexibility index (Phi) is 4.55. The van der Waals surface area contributed by atoms with E-state index in [0.29, 0.717) is 17.3 Å². The van der Waals surface area contributed by atoms with E-state index in [1.54, 1.807) is 11.6 Å². The van der Waals surface area contributed by atoms with Gasteiger partial charge in [0.15, 0.2) is 0 Å². The Labute approximate surface area is 149 Å². The zero-order valence-corrected chi connectivity index (χ0v) is 15.1. The SMILES string of the molecule is CNc1nc(N)nc(-c2cnn(C3CN(C(C)C)C3)c2C)c1C(F)(F)F. The number of halogens is 3. The first kappa shape index (κ1) is 18.4. The molecule has 1 saturated heterocycles. The second-order valence-corrected chi connectivity index (χ2v) is 6.69. The Morgan fingerprint density at radius 1 is 1.27 bits per heavy atom. The number of aromatic nitrogens is 4. The van der Waals surface area contributed by atoms with E-state index >= 15 is 0 Å². The van der Waals surface area contributed by atoms with Gasteiger partial charge in [-0.2, -0.15) is 23.3 Å². The maximum atomic E-state index is 13.6. The first-order valence-corrected chi connectivity index (χ1v) is 8.34. The molecule has 2 aromatic rings. The van der Waals surface area contributed by atoms with Crippen molar-refractivity contribution in [3.63, 3.8) is 0 Å². The van der Waals surface area contributed by atoms with Crippen LogP contribution in [0.15, 0.2) is 6.20 Å². The molecule has 0 saturated carbocycles. The highest BCUT2D eigenvalue weighted by molar-refractivity contribution is 5.72. The molecule has 0 aromatic carbocycles. The first-order chi connectivity index (χ1) is 12.1. The Morgan fingerprint density at radius 3 is 2.46 bits per heavy atom. The van der Waals surface area contributed by atoms with Gasteiger partial charge in [0.2, 0.25) is 5.95 Å². The summed E-state index contributed by atoms with van der Waals surface area (Å²) in [6.07, 6.45) is -3.20. The quantitative estimate of drug-likeness (QED) is 0.862. The molecule has 0 radical (unpaired) electrons. The van der Waals surface area contributed by atoms with Crippen molar-refractivity contribution in [1.82, 2.24) is 24.6 Å². The van der Waals surface area contributed by atoms with Crippen LogP contribution in [0.4, 0.5) is 24.9 Å². The lowest BCUT2D eigenvalue weighted by Crippen LogP contribution is -2.51. The summed E-state index contributed by atoms with van der Waals surface area (Å²) < 4.78 is 42.7. The summed E-state index contributed by atoms with van der Waals surface area (Å²) in [5.74, 6) is -0.569. The summed E-state index contributed by atoms with van der Waals surface area (Å²) >= 11 is 0. The number of nitrogens with one attached hydrogen (secondary N) is 1. The fourth-order valence-corrected chi connectivity index (χ4v) is 3.21. The fourth-order valence-electron chi connectivity index (χ4n) is 3.21. The number of hydrogen-bond donors (Lipinski definition) is 2. The van der Waals surface area contributed by atoms with Crippen LogP contribution in [0.25, 0.3) is 11.3 Å². The van der Waals surface area contributed by atoms with Gasteiger partial charge in [0.05, 0.1) is 17.9 Å². The average Bonchev–Trinajstić information content (AvgIpc) is 2.85. The molecule has 0 unspecified atom stereocenters. The van der Waals surface area contributed by atoms with Gasteiger partial charge in [-0.05, 0) is 20.8 Å². The van der Waals surface area contributed by atoms with E-state index in [1.165, 1.54) is 13.2 Å². The predicted octanol–water partition coefficient (Wildman–Crippen LogP) is 2.56. The third-order valence-electron chi connectivity index (χ3n) is 4.71. The Hall–Kier alpha value is -2.36. The molecule has 26 heavy (non-hydrogen) atoms. The third-order valence-corrected chi connectivity index (χ3v) is 4.71. The van der Waals surface area contributed by atoms with E-state index in [9.17, 15) is 13.2 Å². The van der Waals surface area contributed by atoms with Gasteiger partial charge in [0, 0.05) is 37.4 Å². The van der Waals surface area contributed by atoms with Gasteiger partial charge in [-0.1, -0.05) is 0 Å². The normalized spacial score (nSPS) is 16.2. The smallest absolute Gasteiger partial charge is 0.372 e. The largest absolute Gasteiger partial charge is 0.422 e. The van der Waals surface area contributed by atoms with E-state index in [1.807, 2.05) is 0 Å². The number of alkyl halides is 3. The molecule has 1 fully saturated rings. The predicted molar refractivity (Wildman–Crippen MR) is 92.7 cm³/mol. The second kappa shape index (κ2) is 6.42. The molecule has 1 aliphatic rings. The molecular weight excluding hydrogens is 347 g/mol. The lowest BCUT2D eigenvalue weighted by molar-refractivity contribution is -0.136. The van der Waals surface area contributed by atoms with Crippen LogP contribution in [0.5, 0.6) is 0 Å². The summed E-state index contributed by atoms with van der Waals surface area (Å²) in [5.41, 5.74) is 5.38.